The number of H-pyrrole nitrogens is 2. The molecule has 0 atom stereocenters. The van der Waals surface area contributed by atoms with E-state index in [4.69, 9.17) is 29.0 Å². The van der Waals surface area contributed by atoms with Gasteiger partial charge in [-0.05, 0) is 149 Å². The van der Waals surface area contributed by atoms with Crippen molar-refractivity contribution in [3.05, 3.63) is 122 Å². The van der Waals surface area contributed by atoms with Crippen molar-refractivity contribution in [3.63, 3.8) is 0 Å². The van der Waals surface area contributed by atoms with Gasteiger partial charge in [0.15, 0.2) is 32.2 Å². The van der Waals surface area contributed by atoms with Crippen LogP contribution in [0.5, 0.6) is 0 Å². The summed E-state index contributed by atoms with van der Waals surface area (Å²) >= 11 is 13.1. The van der Waals surface area contributed by atoms with Gasteiger partial charge in [0.2, 0.25) is 0 Å². The molecule has 415 valence electrons. The minimum absolute atomic E-state index is 0.273. The molecule has 9 rings (SSSR count). The molecule has 6 aromatic rings. The summed E-state index contributed by atoms with van der Waals surface area (Å²) in [5, 5.41) is 18.4. The molecule has 4 aromatic heterocycles. The number of alkyl halides is 1. The number of nitrogens with zero attached hydrogens (tertiary/aromatic N) is 7. The zero-order valence-corrected chi connectivity index (χ0v) is 50.5. The second-order valence-corrected chi connectivity index (χ2v) is 19.8. The van der Waals surface area contributed by atoms with Crippen LogP contribution in [0.1, 0.15) is 131 Å². The first-order valence-corrected chi connectivity index (χ1v) is 28.3. The Bertz CT molecular complexity index is 2750. The second-order valence-electron chi connectivity index (χ2n) is 17.4. The van der Waals surface area contributed by atoms with Gasteiger partial charge in [-0.2, -0.15) is 0 Å². The van der Waals surface area contributed by atoms with Gasteiger partial charge in [0.1, 0.15) is 5.82 Å². The number of benzene rings is 2. The number of halogens is 3. The molecule has 0 aliphatic heterocycles. The summed E-state index contributed by atoms with van der Waals surface area (Å²) in [4.78, 5) is 68.5. The van der Waals surface area contributed by atoms with Gasteiger partial charge < -0.3 is 48.1 Å². The molecule has 2 aromatic carbocycles. The van der Waals surface area contributed by atoms with Crippen LogP contribution in [0.4, 0.5) is 0 Å². The monoisotopic (exact) mass is 1270 g/mol. The average Bonchev–Trinajstić information content (AvgIpc) is 4.36. The maximum atomic E-state index is 12.2. The first kappa shape index (κ1) is 66.1. The van der Waals surface area contributed by atoms with Gasteiger partial charge in [0, 0.05) is 35.4 Å². The number of hydrogen-bond donors (Lipinski definition) is 5. The number of esters is 4. The third kappa shape index (κ3) is 23.4. The summed E-state index contributed by atoms with van der Waals surface area (Å²) in [6, 6.07) is 18.7. The number of carbonyl (C=O) groups excluding carboxylic acids is 4. The van der Waals surface area contributed by atoms with Crippen molar-refractivity contribution >= 4 is 105 Å². The molecule has 19 nitrogen and oxygen atoms in total. The predicted molar refractivity (Wildman–Crippen MR) is 311 cm³/mol. The van der Waals surface area contributed by atoms with Crippen molar-refractivity contribution in [1.82, 2.24) is 39.0 Å². The molecule has 0 saturated heterocycles. The zero-order valence-electron chi connectivity index (χ0n) is 44.8. The van der Waals surface area contributed by atoms with E-state index in [0.717, 1.165) is 52.2 Å². The van der Waals surface area contributed by atoms with Crippen LogP contribution >= 0.6 is 60.6 Å². The van der Waals surface area contributed by atoms with E-state index < -0.39 is 13.1 Å². The van der Waals surface area contributed by atoms with Crippen molar-refractivity contribution < 1.29 is 48.2 Å². The third-order valence-electron chi connectivity index (χ3n) is 11.1. The molecule has 3 aliphatic carbocycles. The van der Waals surface area contributed by atoms with Crippen LogP contribution in [0.25, 0.3) is 11.4 Å². The van der Waals surface area contributed by atoms with E-state index in [9.17, 15) is 19.2 Å². The normalized spacial score (nSPS) is 12.7. The van der Waals surface area contributed by atoms with Gasteiger partial charge in [-0.15, -0.1) is 0 Å². The summed E-state index contributed by atoms with van der Waals surface area (Å²) in [5.41, 5.74) is 6.37. The molecular formula is C52H69B2Br3N9O10S. The van der Waals surface area contributed by atoms with E-state index in [0.29, 0.717) is 76.9 Å². The Labute approximate surface area is 483 Å². The molecule has 0 bridgehead atoms. The van der Waals surface area contributed by atoms with Crippen molar-refractivity contribution in [2.75, 3.05) is 31.8 Å². The van der Waals surface area contributed by atoms with Crippen molar-refractivity contribution in [2.24, 2.45) is 22.1 Å². The second kappa shape index (κ2) is 35.3. The third-order valence-corrected chi connectivity index (χ3v) is 13.0. The molecule has 1 radical (unpaired) electrons. The molecule has 0 spiro atoms. The first-order valence-electron chi connectivity index (χ1n) is 25.2. The first-order chi connectivity index (χ1) is 36.9. The van der Waals surface area contributed by atoms with E-state index in [1.54, 1.807) is 52.0 Å². The van der Waals surface area contributed by atoms with Gasteiger partial charge in [0.05, 0.1) is 44.1 Å². The molecule has 3 saturated carbocycles. The Morgan fingerprint density at radius 3 is 1.51 bits per heavy atom. The van der Waals surface area contributed by atoms with E-state index in [1.807, 2.05) is 73.2 Å². The summed E-state index contributed by atoms with van der Waals surface area (Å²) in [6.45, 7) is 17.6. The van der Waals surface area contributed by atoms with Crippen molar-refractivity contribution in [1.29, 1.82) is 0 Å². The molecule has 3 fully saturated rings. The summed E-state index contributed by atoms with van der Waals surface area (Å²) in [7, 11) is 2.99. The van der Waals surface area contributed by atoms with Crippen molar-refractivity contribution in [2.45, 2.75) is 107 Å². The van der Waals surface area contributed by atoms with Gasteiger partial charge in [-0.25, -0.2) is 39.1 Å². The van der Waals surface area contributed by atoms with E-state index in [2.05, 4.69) is 102 Å². The topological polar surface area (TPSA) is 251 Å². The van der Waals surface area contributed by atoms with Crippen LogP contribution < -0.4 is 5.46 Å². The van der Waals surface area contributed by atoms with Crippen molar-refractivity contribution in [3.8, 4) is 11.4 Å². The van der Waals surface area contributed by atoms with E-state index >= 15 is 0 Å². The zero-order chi connectivity index (χ0) is 57.0. The van der Waals surface area contributed by atoms with Gasteiger partial charge in [-0.3, -0.25) is 0 Å². The summed E-state index contributed by atoms with van der Waals surface area (Å²) < 4.78 is 27.7. The number of rotatable bonds is 15. The number of aryl methyl sites for hydroxylation is 4. The Morgan fingerprint density at radius 2 is 1.12 bits per heavy atom. The molecular weight excluding hydrogens is 1200 g/mol. The molecule has 0 amide bonds. The van der Waals surface area contributed by atoms with Crippen LogP contribution in [-0.4, -0.2) is 119 Å². The average molecular weight is 1270 g/mol. The quantitative estimate of drug-likeness (QED) is 0.0211. The van der Waals surface area contributed by atoms with Gasteiger partial charge >= 0.3 is 55.7 Å². The predicted octanol–water partition coefficient (Wildman–Crippen LogP) is 9.88. The SMILES string of the molecule is BrCC1CC1.CCOC(=O)c1c(C)nc(-c2ccccc2)n1CC1CC1.CCOC(=O)c1c(C)nc(Br)n1CC1CC1.CCOC(=O)c1nc(Br)[nH]c1C.CCOC(=O)c1nc[nH]c1C.OB(O)c1ccccc1.[B]=NS. The summed E-state index contributed by atoms with van der Waals surface area (Å²) in [5.74, 6) is 1.96. The van der Waals surface area contributed by atoms with Crippen LogP contribution in [-0.2, 0) is 32.0 Å². The molecule has 0 unspecified atom stereocenters. The van der Waals surface area contributed by atoms with Gasteiger partial charge in [0.25, 0.3) is 0 Å². The Kier molecular flexibility index (Phi) is 30.3. The van der Waals surface area contributed by atoms with Crippen LogP contribution in [0, 0.1) is 45.4 Å². The Morgan fingerprint density at radius 1 is 0.675 bits per heavy atom. The number of thiol groups is 1. The number of hydrogen-bond acceptors (Lipinski definition) is 16. The van der Waals surface area contributed by atoms with Gasteiger partial charge in [-0.1, -0.05) is 76.6 Å². The number of aromatic nitrogens is 8. The number of imidazole rings is 4. The maximum absolute atomic E-state index is 12.2. The fourth-order valence-corrected chi connectivity index (χ4v) is 8.49. The van der Waals surface area contributed by atoms with E-state index in [-0.39, 0.29) is 17.9 Å². The van der Waals surface area contributed by atoms with Crippen LogP contribution in [0.15, 0.2) is 80.8 Å². The fourth-order valence-electron chi connectivity index (χ4n) is 6.78. The minimum atomic E-state index is -1.34. The van der Waals surface area contributed by atoms with Crippen LogP contribution in [0.3, 0.4) is 0 Å². The Hall–Kier alpha value is -5.20. The summed E-state index contributed by atoms with van der Waals surface area (Å²) in [6.07, 6.45) is 9.34. The Balaban J connectivity index is 0.000000251. The standard InChI is InChI=1S/C17H20N2O2.C11H15BrN2O2.C7H9BrN2O2.C7H10N2O2.C6H7BO2.C4H7Br.BHNS/c1-3-21-17(20)15-12(2)18-16(14-7-5-4-6-8-14)19(15)11-13-9-10-13;1-3-16-10(15)9-7(2)13-11(12)14(9)6-8-4-5-8;1-3-12-6(11)5-4(2)9-7(8)10-5;1-3-11-7(10)6-5(2)8-4-9-6;8-7(9)6-4-2-1-3-5-6;5-3-4-1-2-4;1-2-3/h4-8,13H,3,9-11H2,1-2H3;8H,3-6H2,1-2H3;3H2,1-2H3,(H,9,10);4H,3H2,1-2H3,(H,8,9);1-5,8-9H;4H,1-3H2;3H. The fraction of sp³-hybridized carbons (Fsp3) is 0.462. The molecule has 4 heterocycles. The molecule has 77 heavy (non-hydrogen) atoms. The van der Waals surface area contributed by atoms with E-state index in [1.165, 1.54) is 50.2 Å². The molecule has 4 N–H and O–H groups in total. The number of carbonyl (C=O) groups is 4. The molecule has 3 aliphatic rings. The van der Waals surface area contributed by atoms with Crippen LogP contribution in [0.2, 0.25) is 0 Å². The number of ether oxygens (including phenoxy) is 4. The molecule has 25 heteroatoms. The number of nitrogens with one attached hydrogen (secondary N) is 2. The number of aromatic amines is 2.